The van der Waals surface area contributed by atoms with E-state index in [-0.39, 0.29) is 11.8 Å². The number of benzene rings is 3. The molecule has 0 unspecified atom stereocenters. The van der Waals surface area contributed by atoms with Crippen LogP contribution in [-0.2, 0) is 17.5 Å². The first-order chi connectivity index (χ1) is 19.4. The molecule has 0 fully saturated rings. The van der Waals surface area contributed by atoms with E-state index in [9.17, 15) is 18.0 Å². The fraction of sp³-hybridized carbons (Fsp3) is 0.457. The summed E-state index contributed by atoms with van der Waals surface area (Å²) in [6, 6.07) is 25.8. The number of carbonyl (C=O) groups excluding carboxylic acids is 1. The van der Waals surface area contributed by atoms with Crippen LogP contribution in [-0.4, -0.2) is 17.4 Å². The molecule has 40 heavy (non-hydrogen) atoms. The van der Waals surface area contributed by atoms with Crippen molar-refractivity contribution in [2.75, 3.05) is 6.54 Å². The number of halogens is 3. The van der Waals surface area contributed by atoms with Crippen LogP contribution in [0, 0.1) is 0 Å². The zero-order chi connectivity index (χ0) is 28.6. The second-order valence-electron chi connectivity index (χ2n) is 10.8. The Balaban J connectivity index is 1.65. The first-order valence-corrected chi connectivity index (χ1v) is 14.9. The highest BCUT2D eigenvalue weighted by atomic mass is 19.4. The maximum Gasteiger partial charge on any atom is 0.416 e. The average molecular weight is 552 g/mol. The molecular formula is C35H44F3NO. The highest BCUT2D eigenvalue weighted by Crippen LogP contribution is 2.30. The molecule has 0 spiro atoms. The molecule has 0 N–H and O–H groups in total. The van der Waals surface area contributed by atoms with Crippen LogP contribution in [0.3, 0.4) is 0 Å². The van der Waals surface area contributed by atoms with E-state index in [4.69, 9.17) is 0 Å². The van der Waals surface area contributed by atoms with Crippen LogP contribution < -0.4 is 0 Å². The minimum atomic E-state index is -4.37. The molecule has 0 aliphatic heterocycles. The average Bonchev–Trinajstić information content (AvgIpc) is 2.96. The molecule has 216 valence electrons. The van der Waals surface area contributed by atoms with Crippen molar-refractivity contribution in [1.82, 2.24) is 4.90 Å². The molecule has 5 heteroatoms. The summed E-state index contributed by atoms with van der Waals surface area (Å²) in [6.45, 7) is 3.07. The lowest BCUT2D eigenvalue weighted by Crippen LogP contribution is -2.32. The Morgan fingerprint density at radius 1 is 0.700 bits per heavy atom. The Bertz CT molecular complexity index is 1060. The maximum atomic E-state index is 13.4. The van der Waals surface area contributed by atoms with Crippen molar-refractivity contribution in [3.8, 4) is 0 Å². The molecular weight excluding hydrogens is 507 g/mol. The number of hydrogen-bond donors (Lipinski definition) is 0. The van der Waals surface area contributed by atoms with Gasteiger partial charge < -0.3 is 4.90 Å². The number of unbranched alkanes of at least 4 members (excludes halogenated alkanes) is 8. The predicted molar refractivity (Wildman–Crippen MR) is 158 cm³/mol. The summed E-state index contributed by atoms with van der Waals surface area (Å²) in [7, 11) is 0. The topological polar surface area (TPSA) is 20.3 Å². The highest BCUT2D eigenvalue weighted by Gasteiger charge is 2.30. The summed E-state index contributed by atoms with van der Waals surface area (Å²) in [6.07, 6.45) is 7.47. The molecule has 1 amide bonds. The summed E-state index contributed by atoms with van der Waals surface area (Å²) in [5, 5.41) is 0. The fourth-order valence-electron chi connectivity index (χ4n) is 5.24. The van der Waals surface area contributed by atoms with Crippen LogP contribution >= 0.6 is 0 Å². The van der Waals surface area contributed by atoms with Crippen molar-refractivity contribution >= 4 is 5.91 Å². The molecule has 0 radical (unpaired) electrons. The van der Waals surface area contributed by atoms with Crippen molar-refractivity contribution in [1.29, 1.82) is 0 Å². The van der Waals surface area contributed by atoms with E-state index >= 15 is 0 Å². The van der Waals surface area contributed by atoms with E-state index in [0.29, 0.717) is 25.1 Å². The van der Waals surface area contributed by atoms with Gasteiger partial charge in [0.05, 0.1) is 5.56 Å². The zero-order valence-corrected chi connectivity index (χ0v) is 23.8. The van der Waals surface area contributed by atoms with E-state index in [0.717, 1.165) is 37.8 Å². The van der Waals surface area contributed by atoms with Crippen LogP contribution in [0.15, 0.2) is 84.9 Å². The monoisotopic (exact) mass is 551 g/mol. The minimum absolute atomic E-state index is 0.0720. The second-order valence-corrected chi connectivity index (χ2v) is 10.8. The van der Waals surface area contributed by atoms with Gasteiger partial charge in [0, 0.05) is 25.4 Å². The fourth-order valence-corrected chi connectivity index (χ4v) is 5.24. The Morgan fingerprint density at radius 2 is 1.20 bits per heavy atom. The maximum absolute atomic E-state index is 13.4. The van der Waals surface area contributed by atoms with Gasteiger partial charge in [-0.3, -0.25) is 4.79 Å². The summed E-state index contributed by atoms with van der Waals surface area (Å²) in [4.78, 5) is 15.3. The number of alkyl halides is 3. The molecule has 0 atom stereocenters. The molecule has 0 saturated heterocycles. The van der Waals surface area contributed by atoms with E-state index in [1.165, 1.54) is 61.8 Å². The van der Waals surface area contributed by atoms with Crippen LogP contribution in [0.1, 0.15) is 106 Å². The van der Waals surface area contributed by atoms with Crippen LogP contribution in [0.4, 0.5) is 13.2 Å². The van der Waals surface area contributed by atoms with Gasteiger partial charge in [0.25, 0.3) is 0 Å². The minimum Gasteiger partial charge on any atom is -0.338 e. The lowest BCUT2D eigenvalue weighted by Gasteiger charge is -2.26. The Morgan fingerprint density at radius 3 is 1.70 bits per heavy atom. The molecule has 3 rings (SSSR count). The Hall–Kier alpha value is -3.08. The summed E-state index contributed by atoms with van der Waals surface area (Å²) in [5.74, 6) is 0.195. The SMILES string of the molecule is CCCCCCCCCCCC(=O)N(CCC(c1ccccc1)c1ccccc1)Cc1ccc(C(F)(F)F)cc1. The summed E-state index contributed by atoms with van der Waals surface area (Å²) >= 11 is 0. The first kappa shape index (κ1) is 31.4. The van der Waals surface area contributed by atoms with E-state index in [2.05, 4.69) is 31.2 Å². The van der Waals surface area contributed by atoms with Gasteiger partial charge in [-0.2, -0.15) is 13.2 Å². The molecule has 0 bridgehead atoms. The Labute approximate surface area is 238 Å². The number of hydrogen-bond acceptors (Lipinski definition) is 1. The molecule has 0 aliphatic rings. The molecule has 2 nitrogen and oxygen atoms in total. The van der Waals surface area contributed by atoms with Gasteiger partial charge in [-0.1, -0.05) is 131 Å². The lowest BCUT2D eigenvalue weighted by atomic mass is 9.88. The van der Waals surface area contributed by atoms with Crippen molar-refractivity contribution in [2.45, 2.75) is 96.2 Å². The standard InChI is InChI=1S/C35H44F3NO/c1-2-3-4-5-6-7-8-9-16-21-34(40)39(28-29-22-24-32(25-23-29)35(36,37)38)27-26-33(30-17-12-10-13-18-30)31-19-14-11-15-20-31/h10-15,17-20,22-25,33H,2-9,16,21,26-28H2,1H3. The third-order valence-electron chi connectivity index (χ3n) is 7.59. The van der Waals surface area contributed by atoms with Crippen LogP contribution in [0.25, 0.3) is 0 Å². The highest BCUT2D eigenvalue weighted by molar-refractivity contribution is 5.76. The van der Waals surface area contributed by atoms with Crippen molar-refractivity contribution in [2.24, 2.45) is 0 Å². The van der Waals surface area contributed by atoms with Crippen molar-refractivity contribution < 1.29 is 18.0 Å². The normalized spacial score (nSPS) is 11.6. The number of rotatable bonds is 17. The lowest BCUT2D eigenvalue weighted by molar-refractivity contribution is -0.137. The molecule has 3 aromatic carbocycles. The first-order valence-electron chi connectivity index (χ1n) is 14.9. The van der Waals surface area contributed by atoms with Gasteiger partial charge >= 0.3 is 6.18 Å². The molecule has 0 heterocycles. The van der Waals surface area contributed by atoms with Crippen molar-refractivity contribution in [3.63, 3.8) is 0 Å². The van der Waals surface area contributed by atoms with E-state index in [1.807, 2.05) is 41.3 Å². The predicted octanol–water partition coefficient (Wildman–Crippen LogP) is 10.2. The largest absolute Gasteiger partial charge is 0.416 e. The molecule has 3 aromatic rings. The van der Waals surface area contributed by atoms with Crippen LogP contribution in [0.2, 0.25) is 0 Å². The van der Waals surface area contributed by atoms with Gasteiger partial charge in [-0.15, -0.1) is 0 Å². The second kappa shape index (κ2) is 16.9. The quantitative estimate of drug-likeness (QED) is 0.153. The molecule has 0 saturated carbocycles. The number of nitrogens with zero attached hydrogens (tertiary/aromatic N) is 1. The number of carbonyl (C=O) groups is 1. The third-order valence-corrected chi connectivity index (χ3v) is 7.59. The zero-order valence-electron chi connectivity index (χ0n) is 23.8. The Kier molecular flexibility index (Phi) is 13.3. The molecule has 0 aromatic heterocycles. The van der Waals surface area contributed by atoms with Gasteiger partial charge in [0.1, 0.15) is 0 Å². The van der Waals surface area contributed by atoms with Gasteiger partial charge in [0.15, 0.2) is 0 Å². The van der Waals surface area contributed by atoms with Gasteiger partial charge in [-0.05, 0) is 41.7 Å². The van der Waals surface area contributed by atoms with Gasteiger partial charge in [0.2, 0.25) is 5.91 Å². The van der Waals surface area contributed by atoms with E-state index in [1.54, 1.807) is 0 Å². The summed E-state index contributed by atoms with van der Waals surface area (Å²) in [5.41, 5.74) is 2.42. The van der Waals surface area contributed by atoms with E-state index < -0.39 is 11.7 Å². The molecule has 0 aliphatic carbocycles. The third kappa shape index (κ3) is 10.8. The van der Waals surface area contributed by atoms with Crippen LogP contribution in [0.5, 0.6) is 0 Å². The van der Waals surface area contributed by atoms with Gasteiger partial charge in [-0.25, -0.2) is 0 Å². The van der Waals surface area contributed by atoms with Crippen molar-refractivity contribution in [3.05, 3.63) is 107 Å². The smallest absolute Gasteiger partial charge is 0.338 e. The number of amides is 1. The summed E-state index contributed by atoms with van der Waals surface area (Å²) < 4.78 is 39.2.